The number of aliphatic hydroxyl groups is 1. The van der Waals surface area contributed by atoms with Crippen molar-refractivity contribution in [3.63, 3.8) is 0 Å². The van der Waals surface area contributed by atoms with Gasteiger partial charge in [0.2, 0.25) is 0 Å². The van der Waals surface area contributed by atoms with Crippen LogP contribution in [-0.2, 0) is 19.8 Å². The lowest BCUT2D eigenvalue weighted by Gasteiger charge is -2.22. The Kier molecular flexibility index (Phi) is 8.24. The van der Waals surface area contributed by atoms with Crippen molar-refractivity contribution in [1.82, 2.24) is 5.16 Å². The maximum absolute atomic E-state index is 9.41. The molecule has 0 atom stereocenters. The zero-order chi connectivity index (χ0) is 25.8. The zero-order valence-electron chi connectivity index (χ0n) is 20.9. The van der Waals surface area contributed by atoms with Gasteiger partial charge in [-0.25, -0.2) is 0 Å². The molecule has 0 bridgehead atoms. The fourth-order valence-corrected chi connectivity index (χ4v) is 4.90. The molecule has 0 saturated carbocycles. The van der Waals surface area contributed by atoms with E-state index in [1.807, 2.05) is 44.2 Å². The van der Waals surface area contributed by atoms with E-state index in [0.717, 1.165) is 46.0 Å². The van der Waals surface area contributed by atoms with Crippen molar-refractivity contribution in [2.75, 3.05) is 11.9 Å². The first-order chi connectivity index (χ1) is 17.3. The molecule has 0 aliphatic heterocycles. The van der Waals surface area contributed by atoms with Crippen LogP contribution in [0.1, 0.15) is 47.8 Å². The van der Waals surface area contributed by atoms with Crippen molar-refractivity contribution in [1.29, 1.82) is 0 Å². The second kappa shape index (κ2) is 11.4. The van der Waals surface area contributed by atoms with Crippen molar-refractivity contribution >= 4 is 28.9 Å². The van der Waals surface area contributed by atoms with Crippen molar-refractivity contribution in [3.8, 4) is 17.0 Å². The standard InChI is InChI=1S/C29H30Cl2N2O3/c1-18(2)29-23(28(32-36-29)27-24(30)9-6-10-25(27)31)17-35-22-11-12-26(19(3)13-22)33(4)15-20-7-5-8-21(14-20)16-34/h5-14,18,34H,15-17H2,1-4H3. The number of aromatic nitrogens is 1. The third-order valence-electron chi connectivity index (χ3n) is 6.10. The average molecular weight is 525 g/mol. The summed E-state index contributed by atoms with van der Waals surface area (Å²) in [6.07, 6.45) is 0. The summed E-state index contributed by atoms with van der Waals surface area (Å²) >= 11 is 12.9. The number of anilines is 1. The van der Waals surface area contributed by atoms with Gasteiger partial charge >= 0.3 is 0 Å². The lowest BCUT2D eigenvalue weighted by molar-refractivity contribution is 0.281. The summed E-state index contributed by atoms with van der Waals surface area (Å²) in [5.74, 6) is 1.62. The Bertz CT molecular complexity index is 1330. The predicted molar refractivity (Wildman–Crippen MR) is 146 cm³/mol. The quantitative estimate of drug-likeness (QED) is 0.242. The minimum atomic E-state index is 0.0394. The topological polar surface area (TPSA) is 58.7 Å². The highest BCUT2D eigenvalue weighted by Crippen LogP contribution is 2.39. The van der Waals surface area contributed by atoms with Gasteiger partial charge < -0.3 is 19.3 Å². The number of hydrogen-bond donors (Lipinski definition) is 1. The van der Waals surface area contributed by atoms with Crippen molar-refractivity contribution in [2.24, 2.45) is 0 Å². The van der Waals surface area contributed by atoms with Gasteiger partial charge in [-0.05, 0) is 53.9 Å². The molecule has 1 aromatic heterocycles. The van der Waals surface area contributed by atoms with E-state index >= 15 is 0 Å². The minimum absolute atomic E-state index is 0.0394. The van der Waals surface area contributed by atoms with E-state index in [2.05, 4.69) is 36.2 Å². The predicted octanol–water partition coefficient (Wildman–Crippen LogP) is 7.79. The molecular formula is C29H30Cl2N2O3. The Labute approximate surface area is 222 Å². The van der Waals surface area contributed by atoms with Crippen LogP contribution in [0.25, 0.3) is 11.3 Å². The lowest BCUT2D eigenvalue weighted by Crippen LogP contribution is -2.17. The number of benzene rings is 3. The number of ether oxygens (including phenoxy) is 1. The summed E-state index contributed by atoms with van der Waals surface area (Å²) in [4.78, 5) is 2.18. The van der Waals surface area contributed by atoms with E-state index in [1.54, 1.807) is 18.2 Å². The molecule has 0 aliphatic rings. The Morgan fingerprint density at radius 3 is 2.36 bits per heavy atom. The monoisotopic (exact) mass is 524 g/mol. The number of halogens is 2. The van der Waals surface area contributed by atoms with Crippen LogP contribution in [0.3, 0.4) is 0 Å². The fraction of sp³-hybridized carbons (Fsp3) is 0.276. The fourth-order valence-electron chi connectivity index (χ4n) is 4.32. The summed E-state index contributed by atoms with van der Waals surface area (Å²) in [6, 6.07) is 19.4. The van der Waals surface area contributed by atoms with E-state index in [0.29, 0.717) is 21.3 Å². The molecular weight excluding hydrogens is 495 g/mol. The molecule has 0 aliphatic carbocycles. The number of aryl methyl sites for hydroxylation is 1. The van der Waals surface area contributed by atoms with Gasteiger partial charge in [0.15, 0.2) is 0 Å². The smallest absolute Gasteiger partial charge is 0.146 e. The highest BCUT2D eigenvalue weighted by molar-refractivity contribution is 6.39. The third kappa shape index (κ3) is 5.70. The third-order valence-corrected chi connectivity index (χ3v) is 6.73. The highest BCUT2D eigenvalue weighted by atomic mass is 35.5. The van der Waals surface area contributed by atoms with Crippen LogP contribution in [0.5, 0.6) is 5.75 Å². The molecule has 1 heterocycles. The van der Waals surface area contributed by atoms with Crippen LogP contribution in [-0.4, -0.2) is 17.3 Å². The van der Waals surface area contributed by atoms with Crippen LogP contribution >= 0.6 is 23.2 Å². The first-order valence-corrected chi connectivity index (χ1v) is 12.6. The Hall–Kier alpha value is -2.99. The van der Waals surface area contributed by atoms with Crippen LogP contribution in [0, 0.1) is 6.92 Å². The summed E-state index contributed by atoms with van der Waals surface area (Å²) in [5, 5.41) is 14.7. The first-order valence-electron chi connectivity index (χ1n) is 11.8. The molecule has 0 unspecified atom stereocenters. The molecule has 0 amide bonds. The zero-order valence-corrected chi connectivity index (χ0v) is 22.4. The minimum Gasteiger partial charge on any atom is -0.489 e. The first kappa shape index (κ1) is 26.1. The van der Waals surface area contributed by atoms with Gasteiger partial charge in [0, 0.05) is 30.8 Å². The van der Waals surface area contributed by atoms with Crippen LogP contribution in [0.15, 0.2) is 65.2 Å². The van der Waals surface area contributed by atoms with Gasteiger partial charge in [-0.2, -0.15) is 0 Å². The summed E-state index contributed by atoms with van der Waals surface area (Å²) in [6.45, 7) is 7.21. The Morgan fingerprint density at radius 1 is 1.00 bits per heavy atom. The normalized spacial score (nSPS) is 11.2. The summed E-state index contributed by atoms with van der Waals surface area (Å²) < 4.78 is 11.9. The van der Waals surface area contributed by atoms with Gasteiger partial charge in [-0.15, -0.1) is 0 Å². The molecule has 0 spiro atoms. The molecule has 7 heteroatoms. The highest BCUT2D eigenvalue weighted by Gasteiger charge is 2.24. The van der Waals surface area contributed by atoms with Gasteiger partial charge in [-0.3, -0.25) is 0 Å². The second-order valence-electron chi connectivity index (χ2n) is 9.20. The average Bonchev–Trinajstić information content (AvgIpc) is 3.26. The van der Waals surface area contributed by atoms with E-state index in [4.69, 9.17) is 32.5 Å². The van der Waals surface area contributed by atoms with Gasteiger partial charge in [0.05, 0.1) is 22.2 Å². The van der Waals surface area contributed by atoms with Crippen molar-refractivity contribution < 1.29 is 14.4 Å². The second-order valence-corrected chi connectivity index (χ2v) is 10.0. The molecule has 0 saturated heterocycles. The molecule has 1 N–H and O–H groups in total. The van der Waals surface area contributed by atoms with E-state index in [9.17, 15) is 5.11 Å². The molecule has 0 radical (unpaired) electrons. The lowest BCUT2D eigenvalue weighted by atomic mass is 10.0. The van der Waals surface area contributed by atoms with Crippen molar-refractivity contribution in [2.45, 2.75) is 46.4 Å². The van der Waals surface area contributed by atoms with E-state index in [-0.39, 0.29) is 19.1 Å². The molecule has 188 valence electrons. The molecule has 4 aromatic rings. The van der Waals surface area contributed by atoms with Gasteiger partial charge in [0.1, 0.15) is 23.8 Å². The Balaban J connectivity index is 1.54. The number of rotatable bonds is 9. The van der Waals surface area contributed by atoms with Crippen LogP contribution in [0.2, 0.25) is 10.0 Å². The van der Waals surface area contributed by atoms with E-state index < -0.39 is 0 Å². The summed E-state index contributed by atoms with van der Waals surface area (Å²) in [7, 11) is 2.06. The van der Waals surface area contributed by atoms with Crippen molar-refractivity contribution in [3.05, 3.63) is 98.7 Å². The van der Waals surface area contributed by atoms with Gasteiger partial charge in [-0.1, -0.05) is 72.5 Å². The number of aliphatic hydroxyl groups excluding tert-OH is 1. The van der Waals surface area contributed by atoms with E-state index in [1.165, 1.54) is 0 Å². The molecule has 36 heavy (non-hydrogen) atoms. The summed E-state index contributed by atoms with van der Waals surface area (Å²) in [5.41, 5.74) is 6.34. The maximum atomic E-state index is 9.41. The molecule has 3 aromatic carbocycles. The Morgan fingerprint density at radius 2 is 1.69 bits per heavy atom. The molecule has 4 rings (SSSR count). The maximum Gasteiger partial charge on any atom is 0.146 e. The molecule has 0 fully saturated rings. The SMILES string of the molecule is Cc1cc(OCc2c(-c3c(Cl)cccc3Cl)noc2C(C)C)ccc1N(C)Cc1cccc(CO)c1. The number of hydrogen-bond acceptors (Lipinski definition) is 5. The largest absolute Gasteiger partial charge is 0.489 e. The molecule has 5 nitrogen and oxygen atoms in total. The van der Waals surface area contributed by atoms with Crippen LogP contribution in [0.4, 0.5) is 5.69 Å². The van der Waals surface area contributed by atoms with Crippen LogP contribution < -0.4 is 9.64 Å². The van der Waals surface area contributed by atoms with Gasteiger partial charge in [0.25, 0.3) is 0 Å². The number of nitrogens with zero attached hydrogens (tertiary/aromatic N) is 2.